The van der Waals surface area contributed by atoms with Crippen LogP contribution in [0.4, 0.5) is 0 Å². The van der Waals surface area contributed by atoms with Crippen LogP contribution in [0.25, 0.3) is 0 Å². The molecule has 90 valence electrons. The number of ether oxygens (including phenoxy) is 1. The molecule has 0 radical (unpaired) electrons. The second-order valence-electron chi connectivity index (χ2n) is 3.48. The molecule has 7 heteroatoms. The molecule has 1 aliphatic rings. The SMILES string of the molecule is O=C(O)CN(CC(=O)O)C(=O)[C@@H]1CCCO1. The summed E-state index contributed by atoms with van der Waals surface area (Å²) in [5, 5.41) is 17.1. The van der Waals surface area contributed by atoms with Gasteiger partial charge in [0.05, 0.1) is 0 Å². The monoisotopic (exact) mass is 231 g/mol. The molecule has 0 saturated carbocycles. The Bertz CT molecular complexity index is 280. The Morgan fingerprint density at radius 3 is 2.12 bits per heavy atom. The highest BCUT2D eigenvalue weighted by atomic mass is 16.5. The smallest absolute Gasteiger partial charge is 0.323 e. The van der Waals surface area contributed by atoms with E-state index in [-0.39, 0.29) is 0 Å². The third kappa shape index (κ3) is 3.50. The maximum Gasteiger partial charge on any atom is 0.323 e. The number of carboxylic acid groups (broad SMARTS) is 2. The zero-order valence-electron chi connectivity index (χ0n) is 8.59. The molecule has 0 bridgehead atoms. The Morgan fingerprint density at radius 1 is 1.19 bits per heavy atom. The minimum atomic E-state index is -1.24. The third-order valence-electron chi connectivity index (χ3n) is 2.17. The van der Waals surface area contributed by atoms with Crippen molar-refractivity contribution in [2.45, 2.75) is 18.9 Å². The van der Waals surface area contributed by atoms with E-state index in [1.165, 1.54) is 0 Å². The molecular formula is C9H13NO6. The largest absolute Gasteiger partial charge is 0.480 e. The highest BCUT2D eigenvalue weighted by Gasteiger charge is 2.30. The summed E-state index contributed by atoms with van der Waals surface area (Å²) in [7, 11) is 0. The van der Waals surface area contributed by atoms with Crippen LogP contribution in [0.1, 0.15) is 12.8 Å². The van der Waals surface area contributed by atoms with Gasteiger partial charge in [-0.05, 0) is 12.8 Å². The first-order valence-corrected chi connectivity index (χ1v) is 4.84. The van der Waals surface area contributed by atoms with Crippen molar-refractivity contribution in [1.82, 2.24) is 4.90 Å². The first-order chi connectivity index (χ1) is 7.50. The molecule has 1 heterocycles. The van der Waals surface area contributed by atoms with E-state index < -0.39 is 37.0 Å². The summed E-state index contributed by atoms with van der Waals surface area (Å²) in [6, 6.07) is 0. The average Bonchev–Trinajstić information content (AvgIpc) is 2.66. The van der Waals surface area contributed by atoms with Gasteiger partial charge in [-0.25, -0.2) is 0 Å². The second-order valence-corrected chi connectivity index (χ2v) is 3.48. The van der Waals surface area contributed by atoms with Crippen molar-refractivity contribution in [3.8, 4) is 0 Å². The Hall–Kier alpha value is -1.63. The molecule has 0 aliphatic carbocycles. The van der Waals surface area contributed by atoms with Crippen LogP contribution in [0, 0.1) is 0 Å². The van der Waals surface area contributed by atoms with Crippen molar-refractivity contribution in [2.24, 2.45) is 0 Å². The predicted molar refractivity (Wildman–Crippen MR) is 50.8 cm³/mol. The first kappa shape index (κ1) is 12.4. The van der Waals surface area contributed by atoms with Crippen LogP contribution in [0.3, 0.4) is 0 Å². The zero-order valence-corrected chi connectivity index (χ0v) is 8.59. The number of carboxylic acids is 2. The lowest BCUT2D eigenvalue weighted by atomic mass is 10.2. The predicted octanol–water partition coefficient (Wildman–Crippen LogP) is -0.837. The molecule has 0 unspecified atom stereocenters. The quantitative estimate of drug-likeness (QED) is 0.639. The number of rotatable bonds is 5. The number of hydrogen-bond acceptors (Lipinski definition) is 4. The standard InChI is InChI=1S/C9H13NO6/c11-7(12)4-10(5-8(13)14)9(15)6-2-1-3-16-6/h6H,1-5H2,(H,11,12)(H,13,14)/t6-/m0/s1. The lowest BCUT2D eigenvalue weighted by Crippen LogP contribution is -2.44. The Morgan fingerprint density at radius 2 is 1.75 bits per heavy atom. The van der Waals surface area contributed by atoms with E-state index in [9.17, 15) is 14.4 Å². The molecule has 1 aliphatic heterocycles. The fraction of sp³-hybridized carbons (Fsp3) is 0.667. The molecule has 7 nitrogen and oxygen atoms in total. The lowest BCUT2D eigenvalue weighted by molar-refractivity contribution is -0.153. The average molecular weight is 231 g/mol. The van der Waals surface area contributed by atoms with Gasteiger partial charge < -0.3 is 19.8 Å². The van der Waals surface area contributed by atoms with E-state index in [4.69, 9.17) is 14.9 Å². The van der Waals surface area contributed by atoms with Crippen LogP contribution in [0.15, 0.2) is 0 Å². The van der Waals surface area contributed by atoms with E-state index in [1.807, 2.05) is 0 Å². The van der Waals surface area contributed by atoms with Crippen molar-refractivity contribution in [1.29, 1.82) is 0 Å². The Kier molecular flexibility index (Phi) is 4.24. The van der Waals surface area contributed by atoms with Gasteiger partial charge in [-0.3, -0.25) is 14.4 Å². The molecule has 0 aromatic rings. The molecule has 1 amide bonds. The van der Waals surface area contributed by atoms with Crippen molar-refractivity contribution >= 4 is 17.8 Å². The first-order valence-electron chi connectivity index (χ1n) is 4.84. The van der Waals surface area contributed by atoms with E-state index in [0.717, 1.165) is 11.3 Å². The van der Waals surface area contributed by atoms with Gasteiger partial charge in [0, 0.05) is 6.61 Å². The van der Waals surface area contributed by atoms with Gasteiger partial charge in [0.1, 0.15) is 19.2 Å². The summed E-state index contributed by atoms with van der Waals surface area (Å²) in [4.78, 5) is 33.4. The molecule has 0 aromatic heterocycles. The third-order valence-corrected chi connectivity index (χ3v) is 2.17. The summed E-state index contributed by atoms with van der Waals surface area (Å²) >= 11 is 0. The lowest BCUT2D eigenvalue weighted by Gasteiger charge is -2.21. The number of aliphatic carboxylic acids is 2. The Balaban J connectivity index is 2.62. The molecule has 0 spiro atoms. The van der Waals surface area contributed by atoms with Crippen LogP contribution in [-0.4, -0.2) is 58.8 Å². The minimum absolute atomic E-state index is 0.449. The fourth-order valence-corrected chi connectivity index (χ4v) is 1.51. The molecule has 2 N–H and O–H groups in total. The number of amides is 1. The highest BCUT2D eigenvalue weighted by Crippen LogP contribution is 2.14. The van der Waals surface area contributed by atoms with Gasteiger partial charge in [0.15, 0.2) is 0 Å². The fourth-order valence-electron chi connectivity index (χ4n) is 1.51. The normalized spacial score (nSPS) is 19.4. The van der Waals surface area contributed by atoms with Crippen LogP contribution in [-0.2, 0) is 19.1 Å². The molecule has 1 saturated heterocycles. The van der Waals surface area contributed by atoms with Crippen molar-refractivity contribution in [3.05, 3.63) is 0 Å². The highest BCUT2D eigenvalue weighted by molar-refractivity contribution is 5.87. The summed E-state index contributed by atoms with van der Waals surface area (Å²) in [6.45, 7) is -0.791. The zero-order chi connectivity index (χ0) is 12.1. The van der Waals surface area contributed by atoms with Crippen LogP contribution >= 0.6 is 0 Å². The van der Waals surface area contributed by atoms with Crippen LogP contribution in [0.5, 0.6) is 0 Å². The van der Waals surface area contributed by atoms with E-state index in [1.54, 1.807) is 0 Å². The number of carbonyl (C=O) groups is 3. The summed E-state index contributed by atoms with van der Waals surface area (Å²) in [6.07, 6.45) is 0.539. The number of hydrogen-bond donors (Lipinski definition) is 2. The molecular weight excluding hydrogens is 218 g/mol. The molecule has 1 atom stereocenters. The molecule has 16 heavy (non-hydrogen) atoms. The second kappa shape index (κ2) is 5.45. The maximum absolute atomic E-state index is 11.7. The van der Waals surface area contributed by atoms with E-state index in [0.29, 0.717) is 13.0 Å². The summed E-state index contributed by atoms with van der Waals surface area (Å²) in [5.74, 6) is -3.05. The van der Waals surface area contributed by atoms with Gasteiger partial charge in [0.25, 0.3) is 5.91 Å². The van der Waals surface area contributed by atoms with Gasteiger partial charge in [-0.1, -0.05) is 0 Å². The number of carbonyl (C=O) groups excluding carboxylic acids is 1. The topological polar surface area (TPSA) is 104 Å². The Labute approximate surface area is 91.6 Å². The minimum Gasteiger partial charge on any atom is -0.480 e. The van der Waals surface area contributed by atoms with Crippen LogP contribution < -0.4 is 0 Å². The van der Waals surface area contributed by atoms with Crippen molar-refractivity contribution in [2.75, 3.05) is 19.7 Å². The molecule has 0 aromatic carbocycles. The maximum atomic E-state index is 11.7. The van der Waals surface area contributed by atoms with Crippen molar-refractivity contribution in [3.63, 3.8) is 0 Å². The summed E-state index contributed by atoms with van der Waals surface area (Å²) in [5.41, 5.74) is 0. The van der Waals surface area contributed by atoms with Gasteiger partial charge in [0.2, 0.25) is 0 Å². The van der Waals surface area contributed by atoms with Gasteiger partial charge in [-0.2, -0.15) is 0 Å². The number of nitrogens with zero attached hydrogens (tertiary/aromatic N) is 1. The molecule has 1 rings (SSSR count). The molecule has 1 fully saturated rings. The van der Waals surface area contributed by atoms with E-state index >= 15 is 0 Å². The van der Waals surface area contributed by atoms with E-state index in [2.05, 4.69) is 0 Å². The van der Waals surface area contributed by atoms with Crippen LogP contribution in [0.2, 0.25) is 0 Å². The van der Waals surface area contributed by atoms with Gasteiger partial charge in [-0.15, -0.1) is 0 Å². The summed E-state index contributed by atoms with van der Waals surface area (Å²) < 4.78 is 5.08. The van der Waals surface area contributed by atoms with Gasteiger partial charge >= 0.3 is 11.9 Å². The van der Waals surface area contributed by atoms with Crippen molar-refractivity contribution < 1.29 is 29.3 Å².